The number of aromatic amines is 1. The molecule has 3 heterocycles. The minimum atomic E-state index is -1.67. The Kier molecular flexibility index (Phi) is 4.65. The lowest BCUT2D eigenvalue weighted by molar-refractivity contribution is -0.121. The van der Waals surface area contributed by atoms with Crippen molar-refractivity contribution in [2.24, 2.45) is 0 Å². The van der Waals surface area contributed by atoms with Gasteiger partial charge >= 0.3 is 6.03 Å². The van der Waals surface area contributed by atoms with Gasteiger partial charge in [0.15, 0.2) is 5.82 Å². The molecule has 3 amide bonds. The number of thiophene rings is 1. The van der Waals surface area contributed by atoms with Gasteiger partial charge in [0.1, 0.15) is 0 Å². The third kappa shape index (κ3) is 3.11. The predicted molar refractivity (Wildman–Crippen MR) is 119 cm³/mol. The Hall–Kier alpha value is -2.13. The van der Waals surface area contributed by atoms with Crippen LogP contribution in [0.3, 0.4) is 0 Å². The van der Waals surface area contributed by atoms with Crippen molar-refractivity contribution in [2.75, 3.05) is 10.6 Å². The van der Waals surface area contributed by atoms with E-state index in [1.54, 1.807) is 16.2 Å². The van der Waals surface area contributed by atoms with E-state index in [0.717, 1.165) is 36.2 Å². The van der Waals surface area contributed by atoms with Crippen LogP contribution < -0.4 is 10.6 Å². The standard InChI is InChI=1S/C20H29N5O2SSi/c1-19(2)15-14(11-25(19)18(27)21-13-7-10-28-12-13)16(24-23-15)22-17(26)20(8-6-9-20)29(3,4)5/h7,10,12H,6,8-9,11H2,1-5H3,(H,21,27)(H2,22,23,24,26). The smallest absolute Gasteiger partial charge is 0.309 e. The summed E-state index contributed by atoms with van der Waals surface area (Å²) >= 11 is 1.54. The fraction of sp³-hybridized carbons (Fsp3) is 0.550. The average molecular weight is 432 g/mol. The molecule has 0 radical (unpaired) electrons. The summed E-state index contributed by atoms with van der Waals surface area (Å²) in [5.74, 6) is 0.657. The number of nitrogens with one attached hydrogen (secondary N) is 3. The molecule has 1 fully saturated rings. The first kappa shape index (κ1) is 20.2. The van der Waals surface area contributed by atoms with Crippen LogP contribution in [0, 0.1) is 0 Å². The number of hydrogen-bond donors (Lipinski definition) is 3. The van der Waals surface area contributed by atoms with Crippen LogP contribution >= 0.6 is 11.3 Å². The largest absolute Gasteiger partial charge is 0.322 e. The topological polar surface area (TPSA) is 90.1 Å². The Morgan fingerprint density at radius 1 is 1.24 bits per heavy atom. The molecule has 0 saturated heterocycles. The zero-order valence-corrected chi connectivity index (χ0v) is 19.5. The molecule has 0 unspecified atom stereocenters. The van der Waals surface area contributed by atoms with Crippen molar-refractivity contribution in [1.82, 2.24) is 15.1 Å². The molecule has 29 heavy (non-hydrogen) atoms. The van der Waals surface area contributed by atoms with E-state index in [1.165, 1.54) is 0 Å². The first-order valence-corrected chi connectivity index (χ1v) is 14.5. The molecule has 9 heteroatoms. The lowest BCUT2D eigenvalue weighted by atomic mass is 9.83. The molecule has 2 aromatic heterocycles. The first-order chi connectivity index (χ1) is 13.6. The van der Waals surface area contributed by atoms with Crippen LogP contribution in [0.1, 0.15) is 44.4 Å². The molecule has 4 rings (SSSR count). The van der Waals surface area contributed by atoms with E-state index in [-0.39, 0.29) is 17.0 Å². The van der Waals surface area contributed by atoms with Gasteiger partial charge in [-0.15, -0.1) is 0 Å². The van der Waals surface area contributed by atoms with E-state index in [0.29, 0.717) is 12.4 Å². The zero-order chi connectivity index (χ0) is 21.0. The van der Waals surface area contributed by atoms with Crippen molar-refractivity contribution in [1.29, 1.82) is 0 Å². The molecular formula is C20H29N5O2SSi. The molecule has 0 spiro atoms. The second-order valence-corrected chi connectivity index (χ2v) is 15.9. The highest BCUT2D eigenvalue weighted by Gasteiger charge is 2.54. The van der Waals surface area contributed by atoms with Gasteiger partial charge in [-0.05, 0) is 38.1 Å². The second kappa shape index (κ2) is 6.70. The number of rotatable bonds is 4. The summed E-state index contributed by atoms with van der Waals surface area (Å²) in [6.07, 6.45) is 3.03. The Labute approximate surface area is 176 Å². The summed E-state index contributed by atoms with van der Waals surface area (Å²) in [5.41, 5.74) is 2.02. The number of carbonyl (C=O) groups is 2. The number of carbonyl (C=O) groups excluding carboxylic acids is 2. The van der Waals surface area contributed by atoms with Crippen LogP contribution in [-0.2, 0) is 16.9 Å². The minimum Gasteiger partial charge on any atom is -0.309 e. The molecule has 7 nitrogen and oxygen atoms in total. The third-order valence-corrected chi connectivity index (χ3v) is 11.1. The SMILES string of the molecule is CC1(C)c2[nH]nc(NC(=O)C3([Si](C)(C)C)CCC3)c2CN1C(=O)Nc1ccsc1. The van der Waals surface area contributed by atoms with Crippen LogP contribution in [0.4, 0.5) is 16.3 Å². The van der Waals surface area contributed by atoms with E-state index < -0.39 is 13.6 Å². The highest BCUT2D eigenvalue weighted by Crippen LogP contribution is 2.56. The maximum atomic E-state index is 13.2. The Bertz CT molecular complexity index is 941. The lowest BCUT2D eigenvalue weighted by Crippen LogP contribution is -2.52. The number of aromatic nitrogens is 2. The van der Waals surface area contributed by atoms with Gasteiger partial charge in [0.2, 0.25) is 5.91 Å². The molecule has 0 aromatic carbocycles. The Balaban J connectivity index is 1.55. The molecule has 1 aliphatic carbocycles. The third-order valence-electron chi connectivity index (χ3n) is 6.80. The number of H-pyrrole nitrogens is 1. The van der Waals surface area contributed by atoms with Crippen LogP contribution in [0.15, 0.2) is 16.8 Å². The minimum absolute atomic E-state index is 0.0937. The average Bonchev–Trinajstić information content (AvgIpc) is 3.24. The van der Waals surface area contributed by atoms with Crippen LogP contribution in [0.2, 0.25) is 24.7 Å². The van der Waals surface area contributed by atoms with E-state index in [1.807, 2.05) is 30.7 Å². The fourth-order valence-electron chi connectivity index (χ4n) is 4.55. The normalized spacial score (nSPS) is 19.4. The molecule has 2 aromatic rings. The highest BCUT2D eigenvalue weighted by atomic mass is 32.1. The second-order valence-electron chi connectivity index (χ2n) is 9.65. The molecule has 3 N–H and O–H groups in total. The lowest BCUT2D eigenvalue weighted by Gasteiger charge is -2.48. The highest BCUT2D eigenvalue weighted by molar-refractivity contribution is 7.08. The molecule has 2 aliphatic rings. The zero-order valence-electron chi connectivity index (χ0n) is 17.7. The molecule has 1 aliphatic heterocycles. The molecule has 1 saturated carbocycles. The number of urea groups is 1. The predicted octanol–water partition coefficient (Wildman–Crippen LogP) is 4.96. The number of hydrogen-bond acceptors (Lipinski definition) is 4. The van der Waals surface area contributed by atoms with Gasteiger partial charge in [0.25, 0.3) is 0 Å². The fourth-order valence-corrected chi connectivity index (χ4v) is 7.73. The Morgan fingerprint density at radius 3 is 2.52 bits per heavy atom. The van der Waals surface area contributed by atoms with Crippen molar-refractivity contribution in [3.05, 3.63) is 28.1 Å². The molecule has 156 valence electrons. The summed E-state index contributed by atoms with van der Waals surface area (Å²) in [4.78, 5) is 27.9. The van der Waals surface area contributed by atoms with E-state index >= 15 is 0 Å². The van der Waals surface area contributed by atoms with Gasteiger partial charge in [-0.25, -0.2) is 4.79 Å². The Morgan fingerprint density at radius 2 is 1.97 bits per heavy atom. The van der Waals surface area contributed by atoms with Gasteiger partial charge in [-0.1, -0.05) is 26.1 Å². The van der Waals surface area contributed by atoms with Crippen LogP contribution in [0.5, 0.6) is 0 Å². The van der Waals surface area contributed by atoms with Gasteiger partial charge < -0.3 is 15.5 Å². The summed E-state index contributed by atoms with van der Waals surface area (Å²) in [5, 5.41) is 17.2. The van der Waals surface area contributed by atoms with Gasteiger partial charge in [0, 0.05) is 16.0 Å². The summed E-state index contributed by atoms with van der Waals surface area (Å²) in [7, 11) is -1.67. The number of amides is 3. The van der Waals surface area contributed by atoms with Gasteiger partial charge in [-0.3, -0.25) is 9.89 Å². The number of fused-ring (bicyclic) bond motifs is 1. The van der Waals surface area contributed by atoms with E-state index in [9.17, 15) is 9.59 Å². The van der Waals surface area contributed by atoms with Crippen molar-refractivity contribution >= 4 is 42.9 Å². The summed E-state index contributed by atoms with van der Waals surface area (Å²) < 4.78 is 0. The van der Waals surface area contributed by atoms with Crippen LogP contribution in [0.25, 0.3) is 0 Å². The molecule has 0 bridgehead atoms. The maximum Gasteiger partial charge on any atom is 0.322 e. The maximum absolute atomic E-state index is 13.2. The molecular weight excluding hydrogens is 402 g/mol. The summed E-state index contributed by atoms with van der Waals surface area (Å²) in [6.45, 7) is 11.2. The van der Waals surface area contributed by atoms with Gasteiger partial charge in [0.05, 0.1) is 31.5 Å². The first-order valence-electron chi connectivity index (χ1n) is 10.1. The monoisotopic (exact) mass is 431 g/mol. The number of nitrogens with zero attached hydrogens (tertiary/aromatic N) is 2. The van der Waals surface area contributed by atoms with E-state index in [4.69, 9.17) is 0 Å². The van der Waals surface area contributed by atoms with Crippen molar-refractivity contribution in [3.63, 3.8) is 0 Å². The quantitative estimate of drug-likeness (QED) is 0.598. The summed E-state index contributed by atoms with van der Waals surface area (Å²) in [6, 6.07) is 1.72. The van der Waals surface area contributed by atoms with Crippen molar-refractivity contribution in [3.8, 4) is 0 Å². The van der Waals surface area contributed by atoms with Crippen molar-refractivity contribution < 1.29 is 9.59 Å². The van der Waals surface area contributed by atoms with Crippen LogP contribution in [-0.4, -0.2) is 35.1 Å². The molecule has 0 atom stereocenters. The number of anilines is 2. The van der Waals surface area contributed by atoms with E-state index in [2.05, 4.69) is 40.5 Å². The van der Waals surface area contributed by atoms with Crippen molar-refractivity contribution in [2.45, 2.75) is 69.9 Å². The van der Waals surface area contributed by atoms with Gasteiger partial charge in [-0.2, -0.15) is 16.4 Å².